The minimum Gasteiger partial charge on any atom is -0.320 e. The third kappa shape index (κ3) is 1.32. The summed E-state index contributed by atoms with van der Waals surface area (Å²) in [6.07, 6.45) is 2.06. The smallest absolute Gasteiger partial charge is 0.0620 e. The van der Waals surface area contributed by atoms with Crippen molar-refractivity contribution >= 4 is 11.6 Å². The molecule has 1 fully saturated rings. The summed E-state index contributed by atoms with van der Waals surface area (Å²) in [4.78, 5) is 4.36. The number of halogens is 1. The lowest BCUT2D eigenvalue weighted by Crippen LogP contribution is -2.20. The normalized spacial score (nSPS) is 19.2. The third-order valence-electron chi connectivity index (χ3n) is 2.22. The molecule has 0 radical (unpaired) electrons. The van der Waals surface area contributed by atoms with Crippen LogP contribution in [0.1, 0.15) is 24.2 Å². The van der Waals surface area contributed by atoms with E-state index in [4.69, 9.17) is 17.3 Å². The van der Waals surface area contributed by atoms with Crippen molar-refractivity contribution in [2.24, 2.45) is 5.73 Å². The van der Waals surface area contributed by atoms with E-state index in [9.17, 15) is 0 Å². The van der Waals surface area contributed by atoms with Gasteiger partial charge in [-0.05, 0) is 31.9 Å². The van der Waals surface area contributed by atoms with Gasteiger partial charge in [-0.1, -0.05) is 11.6 Å². The summed E-state index contributed by atoms with van der Waals surface area (Å²) in [6, 6.07) is 3.71. The zero-order valence-corrected chi connectivity index (χ0v) is 7.73. The van der Waals surface area contributed by atoms with Gasteiger partial charge in [-0.2, -0.15) is 0 Å². The lowest BCUT2D eigenvalue weighted by atomic mass is 10.1. The molecule has 2 N–H and O–H groups in total. The van der Waals surface area contributed by atoms with Crippen molar-refractivity contribution in [3.05, 3.63) is 28.5 Å². The molecule has 0 bridgehead atoms. The van der Waals surface area contributed by atoms with Gasteiger partial charge in [0.2, 0.25) is 0 Å². The second-order valence-electron chi connectivity index (χ2n) is 3.47. The van der Waals surface area contributed by atoms with Gasteiger partial charge in [0, 0.05) is 10.7 Å². The van der Waals surface area contributed by atoms with Gasteiger partial charge in [0.05, 0.1) is 11.2 Å². The second kappa shape index (κ2) is 2.44. The average molecular weight is 183 g/mol. The fraction of sp³-hybridized carbons (Fsp3) is 0.444. The van der Waals surface area contributed by atoms with Crippen molar-refractivity contribution in [2.75, 3.05) is 0 Å². The van der Waals surface area contributed by atoms with Gasteiger partial charge in [-0.15, -0.1) is 0 Å². The van der Waals surface area contributed by atoms with Crippen molar-refractivity contribution in [1.82, 2.24) is 4.98 Å². The zero-order valence-electron chi connectivity index (χ0n) is 6.97. The number of nitrogens with two attached hydrogens (primary N) is 1. The fourth-order valence-corrected chi connectivity index (χ4v) is 1.53. The van der Waals surface area contributed by atoms with Gasteiger partial charge in [0.15, 0.2) is 0 Å². The maximum Gasteiger partial charge on any atom is 0.0620 e. The van der Waals surface area contributed by atoms with E-state index in [0.717, 1.165) is 29.3 Å². The average Bonchev–Trinajstić information content (AvgIpc) is 2.67. The van der Waals surface area contributed by atoms with Gasteiger partial charge in [0.25, 0.3) is 0 Å². The summed E-state index contributed by atoms with van der Waals surface area (Å²) in [5, 5.41) is 0.731. The van der Waals surface area contributed by atoms with E-state index >= 15 is 0 Å². The first-order chi connectivity index (χ1) is 5.60. The number of nitrogens with zero attached hydrogens (tertiary/aromatic N) is 1. The molecule has 1 heterocycles. The Morgan fingerprint density at radius 1 is 1.50 bits per heavy atom. The molecule has 1 aromatic heterocycles. The van der Waals surface area contributed by atoms with Crippen LogP contribution < -0.4 is 5.73 Å². The highest BCUT2D eigenvalue weighted by Crippen LogP contribution is 2.42. The van der Waals surface area contributed by atoms with E-state index < -0.39 is 0 Å². The summed E-state index contributed by atoms with van der Waals surface area (Å²) in [7, 11) is 0. The molecule has 1 aliphatic carbocycles. The van der Waals surface area contributed by atoms with Gasteiger partial charge < -0.3 is 5.73 Å². The van der Waals surface area contributed by atoms with Crippen molar-refractivity contribution in [1.29, 1.82) is 0 Å². The summed E-state index contributed by atoms with van der Waals surface area (Å²) in [5.74, 6) is 0. The minimum absolute atomic E-state index is 0.171. The molecule has 0 aromatic carbocycles. The van der Waals surface area contributed by atoms with Gasteiger partial charge in [0.1, 0.15) is 0 Å². The standard InChI is InChI=1S/C9H11ClN2/c1-6-4-7(10)5-8(12-6)9(11)2-3-9/h4-5H,2-3,11H2,1H3. The molecule has 12 heavy (non-hydrogen) atoms. The zero-order chi connectivity index (χ0) is 8.77. The highest BCUT2D eigenvalue weighted by molar-refractivity contribution is 6.30. The summed E-state index contributed by atoms with van der Waals surface area (Å²) in [5.41, 5.74) is 7.69. The molecule has 2 nitrogen and oxygen atoms in total. The molecular formula is C9H11ClN2. The molecule has 1 aromatic rings. The largest absolute Gasteiger partial charge is 0.320 e. The minimum atomic E-state index is -0.171. The summed E-state index contributed by atoms with van der Waals surface area (Å²) >= 11 is 5.89. The number of pyridine rings is 1. The van der Waals surface area contributed by atoms with Crippen molar-refractivity contribution < 1.29 is 0 Å². The molecule has 0 saturated heterocycles. The molecule has 0 amide bonds. The van der Waals surface area contributed by atoms with E-state index in [2.05, 4.69) is 4.98 Å². The van der Waals surface area contributed by atoms with Crippen LogP contribution in [0.2, 0.25) is 5.02 Å². The molecule has 1 saturated carbocycles. The molecule has 64 valence electrons. The molecule has 0 spiro atoms. The van der Waals surface area contributed by atoms with E-state index in [1.165, 1.54) is 0 Å². The quantitative estimate of drug-likeness (QED) is 0.722. The van der Waals surface area contributed by atoms with Crippen LogP contribution in [0, 0.1) is 6.92 Å². The Morgan fingerprint density at radius 3 is 2.67 bits per heavy atom. The maximum absolute atomic E-state index is 5.98. The van der Waals surface area contributed by atoms with Crippen molar-refractivity contribution in [2.45, 2.75) is 25.3 Å². The molecular weight excluding hydrogens is 172 g/mol. The van der Waals surface area contributed by atoms with E-state index in [1.807, 2.05) is 19.1 Å². The van der Waals surface area contributed by atoms with Crippen LogP contribution >= 0.6 is 11.6 Å². The van der Waals surface area contributed by atoms with Gasteiger partial charge in [-0.25, -0.2) is 0 Å². The molecule has 1 aliphatic rings. The molecule has 0 unspecified atom stereocenters. The van der Waals surface area contributed by atoms with E-state index in [-0.39, 0.29) is 5.54 Å². The molecule has 2 rings (SSSR count). The first-order valence-corrected chi connectivity index (χ1v) is 4.41. The number of hydrogen-bond donors (Lipinski definition) is 1. The van der Waals surface area contributed by atoms with Gasteiger partial charge >= 0.3 is 0 Å². The summed E-state index contributed by atoms with van der Waals surface area (Å²) < 4.78 is 0. The fourth-order valence-electron chi connectivity index (χ4n) is 1.27. The topological polar surface area (TPSA) is 38.9 Å². The van der Waals surface area contributed by atoms with Crippen LogP contribution in [-0.4, -0.2) is 4.98 Å². The predicted octanol–water partition coefficient (Wildman–Crippen LogP) is 1.99. The highest BCUT2D eigenvalue weighted by atomic mass is 35.5. The van der Waals surface area contributed by atoms with Crippen LogP contribution in [0.15, 0.2) is 12.1 Å². The molecule has 0 atom stereocenters. The van der Waals surface area contributed by atoms with E-state index in [1.54, 1.807) is 0 Å². The predicted molar refractivity (Wildman–Crippen MR) is 49.1 cm³/mol. The second-order valence-corrected chi connectivity index (χ2v) is 3.90. The Bertz CT molecular complexity index is 298. The molecule has 3 heteroatoms. The molecule has 0 aliphatic heterocycles. The Kier molecular flexibility index (Phi) is 1.63. The first kappa shape index (κ1) is 8.02. The van der Waals surface area contributed by atoms with E-state index in [0.29, 0.717) is 0 Å². The maximum atomic E-state index is 5.98. The number of hydrogen-bond acceptors (Lipinski definition) is 2. The van der Waals surface area contributed by atoms with Gasteiger partial charge in [-0.3, -0.25) is 4.98 Å². The Balaban J connectivity index is 2.44. The monoisotopic (exact) mass is 182 g/mol. The lowest BCUT2D eigenvalue weighted by Gasteiger charge is -2.08. The highest BCUT2D eigenvalue weighted by Gasteiger charge is 2.41. The summed E-state index contributed by atoms with van der Waals surface area (Å²) in [6.45, 7) is 1.93. The Morgan fingerprint density at radius 2 is 2.17 bits per heavy atom. The van der Waals surface area contributed by atoms with Crippen LogP contribution in [0.5, 0.6) is 0 Å². The number of aryl methyl sites for hydroxylation is 1. The SMILES string of the molecule is Cc1cc(Cl)cc(C2(N)CC2)n1. The van der Waals surface area contributed by atoms with Crippen molar-refractivity contribution in [3.63, 3.8) is 0 Å². The first-order valence-electron chi connectivity index (χ1n) is 4.04. The lowest BCUT2D eigenvalue weighted by molar-refractivity contribution is 0.704. The van der Waals surface area contributed by atoms with Crippen LogP contribution in [0.4, 0.5) is 0 Å². The number of rotatable bonds is 1. The Labute approximate surface area is 76.7 Å². The van der Waals surface area contributed by atoms with Crippen LogP contribution in [0.3, 0.4) is 0 Å². The number of aromatic nitrogens is 1. The Hall–Kier alpha value is -0.600. The van der Waals surface area contributed by atoms with Crippen LogP contribution in [0.25, 0.3) is 0 Å². The van der Waals surface area contributed by atoms with Crippen molar-refractivity contribution in [3.8, 4) is 0 Å². The third-order valence-corrected chi connectivity index (χ3v) is 2.44. The van der Waals surface area contributed by atoms with Crippen LogP contribution in [-0.2, 0) is 5.54 Å².